The summed E-state index contributed by atoms with van der Waals surface area (Å²) in [6, 6.07) is 16.5. The lowest BCUT2D eigenvalue weighted by Crippen LogP contribution is -2.24. The van der Waals surface area contributed by atoms with Gasteiger partial charge in [-0.1, -0.05) is 44.2 Å². The zero-order valence-corrected chi connectivity index (χ0v) is 20.8. The highest BCUT2D eigenvalue weighted by Gasteiger charge is 2.20. The summed E-state index contributed by atoms with van der Waals surface area (Å²) >= 11 is 0. The molecule has 6 heteroatoms. The largest absolute Gasteiger partial charge is 0.348 e. The van der Waals surface area contributed by atoms with Crippen LogP contribution in [0.5, 0.6) is 0 Å². The maximum atomic E-state index is 13.1. The normalized spacial score (nSPS) is 11.3. The average Bonchev–Trinajstić information content (AvgIpc) is 2.79. The van der Waals surface area contributed by atoms with Crippen LogP contribution in [0.1, 0.15) is 57.6 Å². The van der Waals surface area contributed by atoms with Gasteiger partial charge < -0.3 is 5.32 Å². The Hall–Kier alpha value is -3.12. The molecule has 0 radical (unpaired) electrons. The second-order valence-electron chi connectivity index (χ2n) is 8.38. The van der Waals surface area contributed by atoms with E-state index in [0.717, 1.165) is 29.5 Å². The molecule has 0 aliphatic heterocycles. The van der Waals surface area contributed by atoms with Crippen molar-refractivity contribution in [3.63, 3.8) is 0 Å². The summed E-state index contributed by atoms with van der Waals surface area (Å²) in [6.07, 6.45) is 1.81. The van der Waals surface area contributed by atoms with E-state index in [-0.39, 0.29) is 10.8 Å². The maximum Gasteiger partial charge on any atom is 0.262 e. The van der Waals surface area contributed by atoms with Crippen LogP contribution in [0.4, 0.5) is 5.69 Å². The van der Waals surface area contributed by atoms with Crippen molar-refractivity contribution in [2.75, 3.05) is 4.72 Å². The number of hydrogen-bond acceptors (Lipinski definition) is 3. The third kappa shape index (κ3) is 5.82. The highest BCUT2D eigenvalue weighted by atomic mass is 32.2. The molecule has 0 spiro atoms. The highest BCUT2D eigenvalue weighted by Crippen LogP contribution is 2.23. The average molecular weight is 465 g/mol. The van der Waals surface area contributed by atoms with E-state index >= 15 is 0 Å². The maximum absolute atomic E-state index is 13.1. The van der Waals surface area contributed by atoms with Crippen molar-refractivity contribution >= 4 is 21.6 Å². The van der Waals surface area contributed by atoms with Gasteiger partial charge >= 0.3 is 0 Å². The second-order valence-corrected chi connectivity index (χ2v) is 10.0. The van der Waals surface area contributed by atoms with Crippen LogP contribution in [0.3, 0.4) is 0 Å². The Bertz CT molecular complexity index is 1280. The summed E-state index contributed by atoms with van der Waals surface area (Å²) in [6.45, 7) is 10.2. The van der Waals surface area contributed by atoms with Gasteiger partial charge in [0.1, 0.15) is 0 Å². The summed E-state index contributed by atoms with van der Waals surface area (Å²) in [5.74, 6) is -0.304. The Labute approximate surface area is 197 Å². The number of benzene rings is 3. The molecular weight excluding hydrogens is 432 g/mol. The Balaban J connectivity index is 1.82. The zero-order valence-electron chi connectivity index (χ0n) is 20.0. The Kier molecular flexibility index (Phi) is 7.59. The van der Waals surface area contributed by atoms with E-state index in [2.05, 4.69) is 42.1 Å². The van der Waals surface area contributed by atoms with E-state index in [4.69, 9.17) is 0 Å². The van der Waals surface area contributed by atoms with Crippen molar-refractivity contribution in [3.8, 4) is 0 Å². The quantitative estimate of drug-likeness (QED) is 0.464. The van der Waals surface area contributed by atoms with E-state index in [1.165, 1.54) is 17.2 Å². The predicted molar refractivity (Wildman–Crippen MR) is 134 cm³/mol. The Morgan fingerprint density at radius 3 is 2.18 bits per heavy atom. The summed E-state index contributed by atoms with van der Waals surface area (Å²) in [7, 11) is -3.85. The van der Waals surface area contributed by atoms with Crippen LogP contribution >= 0.6 is 0 Å². The fourth-order valence-corrected chi connectivity index (χ4v) is 5.05. The highest BCUT2D eigenvalue weighted by molar-refractivity contribution is 7.92. The number of hydrogen-bond donors (Lipinski definition) is 2. The van der Waals surface area contributed by atoms with Crippen LogP contribution < -0.4 is 10.0 Å². The van der Waals surface area contributed by atoms with Gasteiger partial charge in [0.05, 0.1) is 4.90 Å². The standard InChI is InChI=1S/C27H32N2O3S/c1-6-21-10-12-22(7-2)24(15-21)17-28-27(30)23-11-8-19(4)26(16-23)33(31,32)29-25-13-9-18(3)20(5)14-25/h8-16,29H,6-7,17H2,1-5H3,(H,28,30). The second kappa shape index (κ2) is 10.2. The summed E-state index contributed by atoms with van der Waals surface area (Å²) < 4.78 is 28.8. The SMILES string of the molecule is CCc1ccc(CC)c(CNC(=O)c2ccc(C)c(S(=O)(=O)Nc3ccc(C)c(C)c3)c2)c1. The van der Waals surface area contributed by atoms with Gasteiger partial charge in [-0.3, -0.25) is 9.52 Å². The van der Waals surface area contributed by atoms with E-state index in [0.29, 0.717) is 23.4 Å². The van der Waals surface area contributed by atoms with E-state index in [9.17, 15) is 13.2 Å². The summed E-state index contributed by atoms with van der Waals surface area (Å²) in [5, 5.41) is 2.95. The smallest absolute Gasteiger partial charge is 0.262 e. The van der Waals surface area contributed by atoms with Gasteiger partial charge in [0, 0.05) is 17.8 Å². The van der Waals surface area contributed by atoms with Crippen molar-refractivity contribution in [1.82, 2.24) is 5.32 Å². The van der Waals surface area contributed by atoms with Crippen molar-refractivity contribution in [2.45, 2.75) is 58.9 Å². The fraction of sp³-hybridized carbons (Fsp3) is 0.296. The molecule has 174 valence electrons. The van der Waals surface area contributed by atoms with Gasteiger partial charge in [-0.05, 0) is 91.3 Å². The first-order chi connectivity index (χ1) is 15.6. The molecule has 0 aliphatic carbocycles. The zero-order chi connectivity index (χ0) is 24.2. The fourth-order valence-electron chi connectivity index (χ4n) is 3.73. The van der Waals surface area contributed by atoms with Gasteiger partial charge in [-0.2, -0.15) is 0 Å². The number of sulfonamides is 1. The minimum Gasteiger partial charge on any atom is -0.348 e. The molecule has 0 atom stereocenters. The third-order valence-electron chi connectivity index (χ3n) is 6.00. The molecular formula is C27H32N2O3S. The number of amides is 1. The molecule has 0 saturated heterocycles. The Morgan fingerprint density at radius 1 is 0.788 bits per heavy atom. The van der Waals surface area contributed by atoms with Crippen molar-refractivity contribution in [1.29, 1.82) is 0 Å². The molecule has 3 aromatic rings. The number of carbonyl (C=O) groups is 1. The van der Waals surface area contributed by atoms with E-state index < -0.39 is 10.0 Å². The molecule has 0 saturated carbocycles. The molecule has 0 bridgehead atoms. The van der Waals surface area contributed by atoms with Gasteiger partial charge in [0.15, 0.2) is 0 Å². The van der Waals surface area contributed by atoms with Crippen molar-refractivity contribution in [3.05, 3.63) is 93.5 Å². The van der Waals surface area contributed by atoms with Crippen LogP contribution in [0.25, 0.3) is 0 Å². The van der Waals surface area contributed by atoms with Crippen molar-refractivity contribution < 1.29 is 13.2 Å². The lowest BCUT2D eigenvalue weighted by atomic mass is 10.0. The summed E-state index contributed by atoms with van der Waals surface area (Å²) in [4.78, 5) is 13.0. The van der Waals surface area contributed by atoms with Gasteiger partial charge in [0.2, 0.25) is 0 Å². The van der Waals surface area contributed by atoms with Gasteiger partial charge in [-0.15, -0.1) is 0 Å². The summed E-state index contributed by atoms with van der Waals surface area (Å²) in [5.41, 5.74) is 6.96. The first kappa shape index (κ1) is 24.5. The number of nitrogens with one attached hydrogen (secondary N) is 2. The molecule has 0 fully saturated rings. The first-order valence-corrected chi connectivity index (χ1v) is 12.7. The van der Waals surface area contributed by atoms with Crippen LogP contribution in [-0.2, 0) is 29.4 Å². The van der Waals surface area contributed by atoms with Gasteiger partial charge in [-0.25, -0.2) is 8.42 Å². The number of carbonyl (C=O) groups excluding carboxylic acids is 1. The molecule has 0 unspecified atom stereocenters. The monoisotopic (exact) mass is 464 g/mol. The van der Waals surface area contributed by atoms with Crippen LogP contribution in [0.15, 0.2) is 59.5 Å². The first-order valence-electron chi connectivity index (χ1n) is 11.2. The Morgan fingerprint density at radius 2 is 1.52 bits per heavy atom. The minimum atomic E-state index is -3.85. The molecule has 2 N–H and O–H groups in total. The molecule has 1 amide bonds. The number of aryl methyl sites for hydroxylation is 5. The van der Waals surface area contributed by atoms with Gasteiger partial charge in [0.25, 0.3) is 15.9 Å². The molecule has 33 heavy (non-hydrogen) atoms. The molecule has 0 aliphatic rings. The number of anilines is 1. The molecule has 5 nitrogen and oxygen atoms in total. The van der Waals surface area contributed by atoms with Crippen LogP contribution in [0, 0.1) is 20.8 Å². The van der Waals surface area contributed by atoms with Crippen molar-refractivity contribution in [2.24, 2.45) is 0 Å². The molecule has 3 rings (SSSR count). The van der Waals surface area contributed by atoms with E-state index in [1.807, 2.05) is 19.9 Å². The lowest BCUT2D eigenvalue weighted by molar-refractivity contribution is 0.0950. The number of rotatable bonds is 8. The molecule has 3 aromatic carbocycles. The van der Waals surface area contributed by atoms with E-state index in [1.54, 1.807) is 31.2 Å². The van der Waals surface area contributed by atoms with Crippen LogP contribution in [-0.4, -0.2) is 14.3 Å². The molecule has 0 heterocycles. The molecule has 0 aromatic heterocycles. The predicted octanol–water partition coefficient (Wildman–Crippen LogP) is 5.47. The lowest BCUT2D eigenvalue weighted by Gasteiger charge is -2.14. The minimum absolute atomic E-state index is 0.0932. The third-order valence-corrected chi connectivity index (χ3v) is 7.52. The van der Waals surface area contributed by atoms with Crippen LogP contribution in [0.2, 0.25) is 0 Å². The topological polar surface area (TPSA) is 75.3 Å².